The van der Waals surface area contributed by atoms with Crippen LogP contribution in [-0.2, 0) is 4.79 Å². The number of thioether (sulfide) groups is 1. The van der Waals surface area contributed by atoms with Crippen LogP contribution < -0.4 is 0 Å². The second kappa shape index (κ2) is 19.8. The van der Waals surface area contributed by atoms with E-state index in [-0.39, 0.29) is 5.78 Å². The Hall–Kier alpha value is -1.28. The summed E-state index contributed by atoms with van der Waals surface area (Å²) in [5, 5.41) is 0. The van der Waals surface area contributed by atoms with E-state index in [1.54, 1.807) is 18.7 Å². The highest BCUT2D eigenvalue weighted by atomic mass is 32.2. The van der Waals surface area contributed by atoms with Gasteiger partial charge in [-0.25, -0.2) is 0 Å². The van der Waals surface area contributed by atoms with Gasteiger partial charge in [-0.3, -0.25) is 4.79 Å². The number of hydrogen-bond donors (Lipinski definition) is 0. The zero-order chi connectivity index (χ0) is 17.7. The van der Waals surface area contributed by atoms with Crippen LogP contribution in [0.25, 0.3) is 0 Å². The van der Waals surface area contributed by atoms with Gasteiger partial charge >= 0.3 is 0 Å². The molecule has 0 rings (SSSR count). The monoisotopic (exact) mass is 346 g/mol. The maximum atomic E-state index is 10.8. The van der Waals surface area contributed by atoms with Crippen LogP contribution in [0.3, 0.4) is 0 Å². The van der Waals surface area contributed by atoms with Crippen LogP contribution in [0.15, 0.2) is 60.8 Å². The summed E-state index contributed by atoms with van der Waals surface area (Å²) >= 11 is 1.68. The molecule has 0 fully saturated rings. The molecule has 0 aromatic heterocycles. The Bertz CT molecular complexity index is 427. The molecular formula is C22H34OS. The molecule has 0 radical (unpaired) electrons. The predicted octanol–water partition coefficient (Wildman–Crippen LogP) is 6.84. The number of hydrogen-bond acceptors (Lipinski definition) is 2. The minimum Gasteiger partial charge on any atom is -0.299 e. The first-order valence-electron chi connectivity index (χ1n) is 9.09. The fraction of sp³-hybridized carbons (Fsp3) is 0.500. The van der Waals surface area contributed by atoms with Gasteiger partial charge in [0.05, 0.1) is 5.75 Å². The summed E-state index contributed by atoms with van der Waals surface area (Å²) in [6, 6.07) is 0. The van der Waals surface area contributed by atoms with Crippen molar-refractivity contribution in [3.63, 3.8) is 0 Å². The molecule has 0 aromatic carbocycles. The Balaban J connectivity index is 3.40. The van der Waals surface area contributed by atoms with Crippen LogP contribution in [0, 0.1) is 0 Å². The van der Waals surface area contributed by atoms with Gasteiger partial charge in [-0.2, -0.15) is 0 Å². The largest absolute Gasteiger partial charge is 0.299 e. The second-order valence-electron chi connectivity index (χ2n) is 5.62. The van der Waals surface area contributed by atoms with Crippen molar-refractivity contribution in [2.24, 2.45) is 0 Å². The Labute approximate surface area is 153 Å². The van der Waals surface area contributed by atoms with E-state index in [4.69, 9.17) is 0 Å². The van der Waals surface area contributed by atoms with Crippen molar-refractivity contribution in [1.82, 2.24) is 0 Å². The smallest absolute Gasteiger partial charge is 0.139 e. The molecule has 0 aliphatic heterocycles. The van der Waals surface area contributed by atoms with E-state index >= 15 is 0 Å². The molecule has 0 aliphatic rings. The number of rotatable bonds is 15. The zero-order valence-electron chi connectivity index (χ0n) is 15.5. The van der Waals surface area contributed by atoms with E-state index in [9.17, 15) is 4.79 Å². The van der Waals surface area contributed by atoms with Crippen LogP contribution in [0.4, 0.5) is 0 Å². The molecule has 24 heavy (non-hydrogen) atoms. The molecule has 0 atom stereocenters. The minimum atomic E-state index is 0.257. The average Bonchev–Trinajstić information content (AvgIpc) is 2.56. The number of Topliss-reactive ketones (excluding diaryl/α,β-unsaturated/α-hetero) is 1. The topological polar surface area (TPSA) is 17.1 Å². The summed E-state index contributed by atoms with van der Waals surface area (Å²) in [4.78, 5) is 10.8. The van der Waals surface area contributed by atoms with Crippen LogP contribution in [0.1, 0.15) is 58.8 Å². The van der Waals surface area contributed by atoms with Gasteiger partial charge in [0.1, 0.15) is 5.78 Å². The lowest BCUT2D eigenvalue weighted by Crippen LogP contribution is -1.93. The second-order valence-corrected chi connectivity index (χ2v) is 6.65. The van der Waals surface area contributed by atoms with Gasteiger partial charge in [0.25, 0.3) is 0 Å². The Morgan fingerprint density at radius 1 is 0.750 bits per heavy atom. The molecule has 1 nitrogen and oxygen atoms in total. The lowest BCUT2D eigenvalue weighted by molar-refractivity contribution is -0.114. The van der Waals surface area contributed by atoms with Gasteiger partial charge in [-0.05, 0) is 51.9 Å². The van der Waals surface area contributed by atoms with Crippen molar-refractivity contribution in [3.8, 4) is 0 Å². The van der Waals surface area contributed by atoms with Gasteiger partial charge in [-0.1, -0.05) is 67.7 Å². The van der Waals surface area contributed by atoms with E-state index in [0.717, 1.165) is 44.3 Å². The molecule has 0 saturated heterocycles. The van der Waals surface area contributed by atoms with Gasteiger partial charge in [-0.15, -0.1) is 11.8 Å². The fourth-order valence-electron chi connectivity index (χ4n) is 1.91. The van der Waals surface area contributed by atoms with Gasteiger partial charge in [0.2, 0.25) is 0 Å². The molecule has 134 valence electrons. The fourth-order valence-corrected chi connectivity index (χ4v) is 2.59. The summed E-state index contributed by atoms with van der Waals surface area (Å²) in [5.41, 5.74) is 0. The highest BCUT2D eigenvalue weighted by Gasteiger charge is 1.90. The third kappa shape index (κ3) is 20.7. The van der Waals surface area contributed by atoms with Crippen LogP contribution in [0.5, 0.6) is 0 Å². The van der Waals surface area contributed by atoms with E-state index in [2.05, 4.69) is 67.7 Å². The van der Waals surface area contributed by atoms with Crippen LogP contribution in [0.2, 0.25) is 0 Å². The van der Waals surface area contributed by atoms with Crippen molar-refractivity contribution in [3.05, 3.63) is 60.8 Å². The molecule has 0 aliphatic carbocycles. The van der Waals surface area contributed by atoms with E-state index in [1.807, 2.05) is 0 Å². The third-order valence-corrected chi connectivity index (χ3v) is 4.19. The number of carbonyl (C=O) groups is 1. The SMILES string of the molecule is CC/C=C\C/C=C\C/C=C\C/C=C\CCC/C=C/CSCC(C)=O. The molecule has 2 heteroatoms. The van der Waals surface area contributed by atoms with Crippen LogP contribution >= 0.6 is 11.8 Å². The minimum absolute atomic E-state index is 0.257. The van der Waals surface area contributed by atoms with E-state index in [1.165, 1.54) is 6.42 Å². The first-order valence-corrected chi connectivity index (χ1v) is 10.2. The maximum absolute atomic E-state index is 10.8. The number of unbranched alkanes of at least 4 members (excludes halogenated alkanes) is 2. The van der Waals surface area contributed by atoms with Gasteiger partial charge in [0, 0.05) is 5.75 Å². The molecule has 0 heterocycles. The number of carbonyl (C=O) groups excluding carboxylic acids is 1. The quantitative estimate of drug-likeness (QED) is 0.238. The summed E-state index contributed by atoms with van der Waals surface area (Å²) < 4.78 is 0. The first kappa shape index (κ1) is 22.7. The van der Waals surface area contributed by atoms with Crippen molar-refractivity contribution in [1.29, 1.82) is 0 Å². The van der Waals surface area contributed by atoms with Crippen molar-refractivity contribution >= 4 is 17.5 Å². The Morgan fingerprint density at radius 2 is 1.25 bits per heavy atom. The molecule has 0 spiro atoms. The summed E-state index contributed by atoms with van der Waals surface area (Å²) in [6.07, 6.45) is 29.9. The molecular weight excluding hydrogens is 312 g/mol. The Kier molecular flexibility index (Phi) is 18.7. The van der Waals surface area contributed by atoms with Crippen molar-refractivity contribution < 1.29 is 4.79 Å². The standard InChI is InChI=1S/C22H34OS/c1-3-4-5-6-7-8-9-10-11-12-13-14-15-16-17-18-19-20-24-21-22(2)23/h4-5,7-8,10-11,13-14,18-19H,3,6,9,12,15-17,20-21H2,1-2H3/b5-4-,8-7-,11-10-,14-13-,19-18+. The van der Waals surface area contributed by atoms with E-state index < -0.39 is 0 Å². The lowest BCUT2D eigenvalue weighted by atomic mass is 10.2. The predicted molar refractivity (Wildman–Crippen MR) is 112 cm³/mol. The van der Waals surface area contributed by atoms with Crippen molar-refractivity contribution in [2.75, 3.05) is 11.5 Å². The average molecular weight is 347 g/mol. The molecule has 0 bridgehead atoms. The van der Waals surface area contributed by atoms with Gasteiger partial charge < -0.3 is 0 Å². The Morgan fingerprint density at radius 3 is 1.79 bits per heavy atom. The number of allylic oxidation sites excluding steroid dienone is 9. The molecule has 0 saturated carbocycles. The van der Waals surface area contributed by atoms with Gasteiger partial charge in [0.15, 0.2) is 0 Å². The highest BCUT2D eigenvalue weighted by molar-refractivity contribution is 8.00. The molecule has 0 amide bonds. The molecule has 0 N–H and O–H groups in total. The molecule has 0 aromatic rings. The van der Waals surface area contributed by atoms with Crippen molar-refractivity contribution in [2.45, 2.75) is 58.8 Å². The van der Waals surface area contributed by atoms with Crippen LogP contribution in [-0.4, -0.2) is 17.3 Å². The normalized spacial score (nSPS) is 12.8. The third-order valence-electron chi connectivity index (χ3n) is 3.15. The summed E-state index contributed by atoms with van der Waals surface area (Å²) in [5.74, 6) is 1.84. The highest BCUT2D eigenvalue weighted by Crippen LogP contribution is 2.03. The summed E-state index contributed by atoms with van der Waals surface area (Å²) in [6.45, 7) is 3.80. The summed E-state index contributed by atoms with van der Waals surface area (Å²) in [7, 11) is 0. The zero-order valence-corrected chi connectivity index (χ0v) is 16.3. The lowest BCUT2D eigenvalue weighted by Gasteiger charge is -1.93. The first-order chi connectivity index (χ1) is 11.8. The maximum Gasteiger partial charge on any atom is 0.139 e. The molecule has 0 unspecified atom stereocenters. The number of ketones is 1. The van der Waals surface area contributed by atoms with E-state index in [0.29, 0.717) is 5.75 Å².